The Balaban J connectivity index is 1.20. The Labute approximate surface area is 372 Å². The molecule has 0 unspecified atom stereocenters. The second-order valence-corrected chi connectivity index (χ2v) is 15.7. The van der Waals surface area contributed by atoms with Crippen LogP contribution in [0.1, 0.15) is 83.7 Å². The van der Waals surface area contributed by atoms with Crippen LogP contribution < -0.4 is 14.2 Å². The number of ether oxygens (including phenoxy) is 5. The van der Waals surface area contributed by atoms with Crippen molar-refractivity contribution >= 4 is 17.7 Å². The van der Waals surface area contributed by atoms with Crippen LogP contribution >= 0.6 is 0 Å². The van der Waals surface area contributed by atoms with Crippen molar-refractivity contribution in [2.75, 3.05) is 0 Å². The van der Waals surface area contributed by atoms with Gasteiger partial charge in [0.05, 0.1) is 16.7 Å². The highest BCUT2D eigenvalue weighted by Crippen LogP contribution is 2.39. The maximum absolute atomic E-state index is 15.6. The molecule has 0 radical (unpaired) electrons. The topological polar surface area (TPSA) is 118 Å². The minimum atomic E-state index is -0.727. The largest absolute Gasteiger partial charge is 0.508 e. The third kappa shape index (κ3) is 11.0. The first-order valence-corrected chi connectivity index (χ1v) is 21.4. The lowest BCUT2D eigenvalue weighted by molar-refractivity contribution is 0.0206. The maximum Gasteiger partial charge on any atom is 0.339 e. The van der Waals surface area contributed by atoms with Crippen LogP contribution in [0.2, 0.25) is 0 Å². The fourth-order valence-electron chi connectivity index (χ4n) is 7.88. The molecule has 1 aliphatic rings. The quantitative estimate of drug-likeness (QED) is 0.0665. The fourth-order valence-corrected chi connectivity index (χ4v) is 7.88. The van der Waals surface area contributed by atoms with E-state index in [0.29, 0.717) is 12.8 Å². The Morgan fingerprint density at radius 2 is 0.984 bits per heavy atom. The smallest absolute Gasteiger partial charge is 0.339 e. The van der Waals surface area contributed by atoms with Crippen LogP contribution in [0.4, 0.5) is 0 Å². The second-order valence-electron chi connectivity index (χ2n) is 15.7. The van der Waals surface area contributed by atoms with E-state index in [1.54, 1.807) is 24.3 Å². The summed E-state index contributed by atoms with van der Waals surface area (Å²) >= 11 is 0. The minimum absolute atomic E-state index is 0.0117. The van der Waals surface area contributed by atoms with Crippen molar-refractivity contribution in [1.29, 1.82) is 0 Å². The van der Waals surface area contributed by atoms with Crippen LogP contribution in [0, 0.1) is 5.92 Å². The molecule has 0 heterocycles. The molecular weight excluding hydrogens is 805 g/mol. The lowest BCUT2D eigenvalue weighted by Crippen LogP contribution is -2.24. The highest BCUT2D eigenvalue weighted by Gasteiger charge is 2.34. The number of hydrogen-bond acceptors (Lipinski definition) is 9. The Hall–Kier alpha value is -7.65. The zero-order chi connectivity index (χ0) is 44.1. The molecular formula is C55H48O9. The van der Waals surface area contributed by atoms with Crippen LogP contribution in [0.25, 0.3) is 0 Å². The average Bonchev–Trinajstić information content (AvgIpc) is 3.78. The first-order chi connectivity index (χ1) is 31.4. The standard InChI is InChI=1S/C55H48O9/c56-45-29-27-38(28-30-45)31-43-23-13-25-47(43)64-54(58)44-32-49(61-35-40-17-7-2-8-18-40)52(50(33-44)62-36-41-19-9-3-10-20-41)53(57)51-46(55(59)63-37-42-21-11-4-12-22-42)24-14-26-48(51)60-34-39-15-5-1-6-16-39/h1-12,14-22,24,26-30,32-33,43,47,56H,13,23,25,31,34-37H2/t43-,47-/m1/s1. The summed E-state index contributed by atoms with van der Waals surface area (Å²) < 4.78 is 31.5. The van der Waals surface area contributed by atoms with Gasteiger partial charge in [-0.15, -0.1) is 0 Å². The SMILES string of the molecule is O=C(O[C@@H]1CCC[C@@H]1Cc1ccc(O)cc1)c1cc(OCc2ccccc2)c(C(=O)c2c(OCc3ccccc3)cccc2C(=O)OCc2ccccc2)c(OCc2ccccc2)c1. The van der Waals surface area contributed by atoms with Crippen molar-refractivity contribution in [3.05, 3.63) is 226 Å². The van der Waals surface area contributed by atoms with Gasteiger partial charge >= 0.3 is 11.9 Å². The number of esters is 2. The normalized spacial score (nSPS) is 14.3. The van der Waals surface area contributed by atoms with Gasteiger partial charge in [-0.2, -0.15) is 0 Å². The van der Waals surface area contributed by atoms with Crippen molar-refractivity contribution < 1.29 is 43.2 Å². The number of benzene rings is 7. The van der Waals surface area contributed by atoms with Gasteiger partial charge in [0.1, 0.15) is 61.1 Å². The number of carbonyl (C=O) groups excluding carboxylic acids is 3. The van der Waals surface area contributed by atoms with Gasteiger partial charge in [-0.3, -0.25) is 4.79 Å². The van der Waals surface area contributed by atoms with E-state index in [9.17, 15) is 14.7 Å². The van der Waals surface area contributed by atoms with Crippen LogP contribution in [0.15, 0.2) is 176 Å². The minimum Gasteiger partial charge on any atom is -0.508 e. The number of hydrogen-bond donors (Lipinski definition) is 1. The predicted octanol–water partition coefficient (Wildman–Crippen LogP) is 11.3. The molecule has 1 aliphatic carbocycles. The molecule has 7 aromatic carbocycles. The monoisotopic (exact) mass is 852 g/mol. The highest BCUT2D eigenvalue weighted by atomic mass is 16.5. The number of carbonyl (C=O) groups is 3. The first kappa shape index (κ1) is 43.0. The van der Waals surface area contributed by atoms with E-state index < -0.39 is 17.7 Å². The zero-order valence-corrected chi connectivity index (χ0v) is 35.3. The summed E-state index contributed by atoms with van der Waals surface area (Å²) in [7, 11) is 0. The molecule has 0 bridgehead atoms. The molecule has 322 valence electrons. The number of rotatable bonds is 18. The number of ketones is 1. The number of phenols is 1. The highest BCUT2D eigenvalue weighted by molar-refractivity contribution is 6.19. The van der Waals surface area contributed by atoms with Crippen LogP contribution in [0.3, 0.4) is 0 Å². The summed E-state index contributed by atoms with van der Waals surface area (Å²) in [5.41, 5.74) is 4.37. The zero-order valence-electron chi connectivity index (χ0n) is 35.3. The van der Waals surface area contributed by atoms with Crippen molar-refractivity contribution in [2.24, 2.45) is 5.92 Å². The van der Waals surface area contributed by atoms with E-state index in [0.717, 1.165) is 40.7 Å². The summed E-state index contributed by atoms with van der Waals surface area (Å²) in [6.45, 7) is 0.186. The molecule has 1 saturated carbocycles. The van der Waals surface area contributed by atoms with Gasteiger partial charge in [0.2, 0.25) is 5.78 Å². The van der Waals surface area contributed by atoms with Crippen LogP contribution in [-0.2, 0) is 42.3 Å². The molecule has 0 amide bonds. The molecule has 9 heteroatoms. The van der Waals surface area contributed by atoms with Crippen LogP contribution in [0.5, 0.6) is 23.0 Å². The van der Waals surface area contributed by atoms with E-state index >= 15 is 4.79 Å². The van der Waals surface area contributed by atoms with Gasteiger partial charge in [0, 0.05) is 0 Å². The number of phenolic OH excluding ortho intramolecular Hbond substituents is 1. The Bertz CT molecular complexity index is 2580. The Morgan fingerprint density at radius 1 is 0.484 bits per heavy atom. The summed E-state index contributed by atoms with van der Waals surface area (Å²) in [6, 6.07) is 52.6. The molecule has 1 fully saturated rings. The molecule has 0 aromatic heterocycles. The third-order valence-corrected chi connectivity index (χ3v) is 11.2. The summed E-state index contributed by atoms with van der Waals surface area (Å²) in [6.07, 6.45) is 2.80. The second kappa shape index (κ2) is 20.9. The molecule has 0 spiro atoms. The van der Waals surface area contributed by atoms with E-state index in [-0.39, 0.29) is 83.7 Å². The van der Waals surface area contributed by atoms with Gasteiger partial charge in [0.25, 0.3) is 0 Å². The van der Waals surface area contributed by atoms with Crippen LogP contribution in [-0.4, -0.2) is 28.9 Å². The van der Waals surface area contributed by atoms with Crippen molar-refractivity contribution in [3.63, 3.8) is 0 Å². The molecule has 9 nitrogen and oxygen atoms in total. The molecule has 0 saturated heterocycles. The lowest BCUT2D eigenvalue weighted by Gasteiger charge is -2.22. The van der Waals surface area contributed by atoms with Gasteiger partial charge < -0.3 is 28.8 Å². The fraction of sp³-hybridized carbons (Fsp3) is 0.182. The van der Waals surface area contributed by atoms with E-state index in [2.05, 4.69) is 0 Å². The summed E-state index contributed by atoms with van der Waals surface area (Å²) in [5, 5.41) is 9.83. The third-order valence-electron chi connectivity index (χ3n) is 11.2. The predicted molar refractivity (Wildman–Crippen MR) is 243 cm³/mol. The van der Waals surface area contributed by atoms with Gasteiger partial charge in [-0.1, -0.05) is 140 Å². The maximum atomic E-state index is 15.6. The summed E-state index contributed by atoms with van der Waals surface area (Å²) in [4.78, 5) is 44.0. The summed E-state index contributed by atoms with van der Waals surface area (Å²) in [5.74, 6) is -1.43. The molecule has 64 heavy (non-hydrogen) atoms. The van der Waals surface area contributed by atoms with E-state index in [1.165, 1.54) is 18.2 Å². The van der Waals surface area contributed by atoms with Gasteiger partial charge in [0.15, 0.2) is 0 Å². The Kier molecular flexibility index (Phi) is 14.1. The van der Waals surface area contributed by atoms with Gasteiger partial charge in [-0.05, 0) is 95.8 Å². The average molecular weight is 853 g/mol. The lowest BCUT2D eigenvalue weighted by atomic mass is 9.94. The Morgan fingerprint density at radius 3 is 1.52 bits per heavy atom. The van der Waals surface area contributed by atoms with Gasteiger partial charge in [-0.25, -0.2) is 9.59 Å². The molecule has 2 atom stereocenters. The molecule has 7 aromatic rings. The van der Waals surface area contributed by atoms with E-state index in [1.807, 2.05) is 133 Å². The number of aromatic hydroxyl groups is 1. The van der Waals surface area contributed by atoms with Crippen molar-refractivity contribution in [3.8, 4) is 23.0 Å². The van der Waals surface area contributed by atoms with Crippen molar-refractivity contribution in [1.82, 2.24) is 0 Å². The first-order valence-electron chi connectivity index (χ1n) is 21.4. The molecule has 8 rings (SSSR count). The van der Waals surface area contributed by atoms with E-state index in [4.69, 9.17) is 23.7 Å². The molecule has 0 aliphatic heterocycles. The van der Waals surface area contributed by atoms with Crippen molar-refractivity contribution in [2.45, 2.75) is 58.2 Å². The molecule has 1 N–H and O–H groups in total.